The number of hydrogen-bond acceptors (Lipinski definition) is 3. The number of anilines is 1. The number of amides is 1. The Bertz CT molecular complexity index is 580. The van der Waals surface area contributed by atoms with Crippen LogP contribution in [0.4, 0.5) is 5.69 Å². The van der Waals surface area contributed by atoms with Crippen LogP contribution in [0, 0.1) is 0 Å². The SMILES string of the molecule is CCc1nn(C)cc1NC(=O)C(S)Cc1ccccc1. The van der Waals surface area contributed by atoms with Gasteiger partial charge < -0.3 is 5.32 Å². The van der Waals surface area contributed by atoms with Crippen LogP contribution in [-0.4, -0.2) is 20.9 Å². The Balaban J connectivity index is 2.00. The normalized spacial score (nSPS) is 12.2. The monoisotopic (exact) mass is 289 g/mol. The Morgan fingerprint density at radius 2 is 2.10 bits per heavy atom. The second-order valence-corrected chi connectivity index (χ2v) is 5.33. The summed E-state index contributed by atoms with van der Waals surface area (Å²) in [5, 5.41) is 6.83. The highest BCUT2D eigenvalue weighted by Crippen LogP contribution is 2.16. The van der Waals surface area contributed by atoms with Gasteiger partial charge in [-0.05, 0) is 18.4 Å². The molecule has 1 atom stereocenters. The lowest BCUT2D eigenvalue weighted by Gasteiger charge is -2.11. The third kappa shape index (κ3) is 3.63. The molecule has 2 rings (SSSR count). The van der Waals surface area contributed by atoms with Crippen LogP contribution in [0.3, 0.4) is 0 Å². The fraction of sp³-hybridized carbons (Fsp3) is 0.333. The molecule has 5 heteroatoms. The van der Waals surface area contributed by atoms with Crippen LogP contribution in [0.2, 0.25) is 0 Å². The molecule has 0 radical (unpaired) electrons. The van der Waals surface area contributed by atoms with Crippen molar-refractivity contribution in [3.05, 3.63) is 47.8 Å². The van der Waals surface area contributed by atoms with Crippen molar-refractivity contribution in [1.29, 1.82) is 0 Å². The van der Waals surface area contributed by atoms with Gasteiger partial charge in [0.15, 0.2) is 0 Å². The number of aryl methyl sites for hydroxylation is 2. The van der Waals surface area contributed by atoms with Crippen LogP contribution < -0.4 is 5.32 Å². The summed E-state index contributed by atoms with van der Waals surface area (Å²) in [5.74, 6) is -0.0973. The van der Waals surface area contributed by atoms with Gasteiger partial charge in [0.2, 0.25) is 5.91 Å². The van der Waals surface area contributed by atoms with Crippen molar-refractivity contribution in [3.8, 4) is 0 Å². The molecule has 0 saturated heterocycles. The fourth-order valence-electron chi connectivity index (χ4n) is 2.05. The molecule has 0 aliphatic carbocycles. The van der Waals surface area contributed by atoms with E-state index in [1.165, 1.54) is 0 Å². The lowest BCUT2D eigenvalue weighted by Crippen LogP contribution is -2.25. The minimum absolute atomic E-state index is 0.0973. The molecule has 0 spiro atoms. The predicted octanol–water partition coefficient (Wildman–Crippen LogP) is 2.46. The smallest absolute Gasteiger partial charge is 0.237 e. The molecule has 2 aromatic rings. The summed E-state index contributed by atoms with van der Waals surface area (Å²) in [5.41, 5.74) is 2.76. The van der Waals surface area contributed by atoms with E-state index in [-0.39, 0.29) is 11.2 Å². The van der Waals surface area contributed by atoms with Gasteiger partial charge in [0.1, 0.15) is 0 Å². The standard InChI is InChI=1S/C15H19N3OS/c1-3-12-13(10-18(2)17-12)16-15(19)14(20)9-11-7-5-4-6-8-11/h4-8,10,14,20H,3,9H2,1-2H3,(H,16,19). The number of benzene rings is 1. The predicted molar refractivity (Wildman–Crippen MR) is 84.1 cm³/mol. The molecular weight excluding hydrogens is 270 g/mol. The Morgan fingerprint density at radius 3 is 2.75 bits per heavy atom. The van der Waals surface area contributed by atoms with E-state index in [1.807, 2.05) is 50.5 Å². The molecule has 1 heterocycles. The fourth-order valence-corrected chi connectivity index (χ4v) is 2.32. The first-order valence-electron chi connectivity index (χ1n) is 6.65. The molecule has 20 heavy (non-hydrogen) atoms. The van der Waals surface area contributed by atoms with Gasteiger partial charge in [0.05, 0.1) is 16.6 Å². The first-order valence-corrected chi connectivity index (χ1v) is 7.17. The number of nitrogens with one attached hydrogen (secondary N) is 1. The molecule has 1 N–H and O–H groups in total. The van der Waals surface area contributed by atoms with Gasteiger partial charge in [-0.15, -0.1) is 0 Å². The lowest BCUT2D eigenvalue weighted by molar-refractivity contribution is -0.115. The van der Waals surface area contributed by atoms with Crippen LogP contribution in [0.25, 0.3) is 0 Å². The molecule has 1 aromatic heterocycles. The molecule has 0 aliphatic rings. The van der Waals surface area contributed by atoms with Gasteiger partial charge >= 0.3 is 0 Å². The van der Waals surface area contributed by atoms with Gasteiger partial charge in [-0.1, -0.05) is 37.3 Å². The van der Waals surface area contributed by atoms with Gasteiger partial charge in [0, 0.05) is 13.2 Å². The quantitative estimate of drug-likeness (QED) is 0.831. The van der Waals surface area contributed by atoms with E-state index in [0.717, 1.165) is 23.4 Å². The van der Waals surface area contributed by atoms with Crippen molar-refractivity contribution in [3.63, 3.8) is 0 Å². The molecule has 0 bridgehead atoms. The second kappa shape index (κ2) is 6.61. The maximum absolute atomic E-state index is 12.2. The summed E-state index contributed by atoms with van der Waals surface area (Å²) in [7, 11) is 1.84. The van der Waals surface area contributed by atoms with Crippen molar-refractivity contribution in [2.45, 2.75) is 25.0 Å². The van der Waals surface area contributed by atoms with E-state index in [4.69, 9.17) is 0 Å². The van der Waals surface area contributed by atoms with Gasteiger partial charge in [-0.2, -0.15) is 17.7 Å². The van der Waals surface area contributed by atoms with Crippen molar-refractivity contribution in [2.75, 3.05) is 5.32 Å². The first-order chi connectivity index (χ1) is 9.60. The Kier molecular flexibility index (Phi) is 4.84. The summed E-state index contributed by atoms with van der Waals surface area (Å²) < 4.78 is 1.71. The van der Waals surface area contributed by atoms with Crippen molar-refractivity contribution in [1.82, 2.24) is 9.78 Å². The zero-order chi connectivity index (χ0) is 14.5. The zero-order valence-corrected chi connectivity index (χ0v) is 12.6. The number of hydrogen-bond donors (Lipinski definition) is 2. The molecular formula is C15H19N3OS. The molecule has 106 valence electrons. The Morgan fingerprint density at radius 1 is 1.40 bits per heavy atom. The maximum atomic E-state index is 12.2. The van der Waals surface area contributed by atoms with E-state index >= 15 is 0 Å². The highest BCUT2D eigenvalue weighted by atomic mass is 32.1. The number of rotatable bonds is 5. The minimum atomic E-state index is -0.373. The molecule has 1 unspecified atom stereocenters. The molecule has 0 aliphatic heterocycles. The Labute approximate surface area is 124 Å². The third-order valence-electron chi connectivity index (χ3n) is 3.07. The Hall–Kier alpha value is -1.75. The summed E-state index contributed by atoms with van der Waals surface area (Å²) in [6, 6.07) is 9.88. The molecule has 0 fully saturated rings. The van der Waals surface area contributed by atoms with Gasteiger partial charge in [-0.25, -0.2) is 0 Å². The third-order valence-corrected chi connectivity index (χ3v) is 3.49. The van der Waals surface area contributed by atoms with Gasteiger partial charge in [-0.3, -0.25) is 9.48 Å². The molecule has 1 aromatic carbocycles. The highest BCUT2D eigenvalue weighted by Gasteiger charge is 2.17. The zero-order valence-electron chi connectivity index (χ0n) is 11.7. The molecule has 1 amide bonds. The van der Waals surface area contributed by atoms with E-state index in [1.54, 1.807) is 4.68 Å². The molecule has 0 saturated carbocycles. The largest absolute Gasteiger partial charge is 0.322 e. The van der Waals surface area contributed by atoms with Crippen molar-refractivity contribution < 1.29 is 4.79 Å². The number of carbonyl (C=O) groups is 1. The number of thiol groups is 1. The number of nitrogens with zero attached hydrogens (tertiary/aromatic N) is 2. The lowest BCUT2D eigenvalue weighted by atomic mass is 10.1. The second-order valence-electron chi connectivity index (χ2n) is 4.71. The van der Waals surface area contributed by atoms with Crippen LogP contribution in [0.15, 0.2) is 36.5 Å². The van der Waals surface area contributed by atoms with E-state index < -0.39 is 0 Å². The minimum Gasteiger partial charge on any atom is -0.322 e. The van der Waals surface area contributed by atoms with Crippen LogP contribution in [0.1, 0.15) is 18.2 Å². The highest BCUT2D eigenvalue weighted by molar-refractivity contribution is 7.81. The number of aromatic nitrogens is 2. The summed E-state index contributed by atoms with van der Waals surface area (Å²) in [6.45, 7) is 2.01. The van der Waals surface area contributed by atoms with Crippen molar-refractivity contribution >= 4 is 24.2 Å². The molecule has 4 nitrogen and oxygen atoms in total. The first kappa shape index (κ1) is 14.7. The van der Waals surface area contributed by atoms with Crippen LogP contribution in [0.5, 0.6) is 0 Å². The van der Waals surface area contributed by atoms with Gasteiger partial charge in [0.25, 0.3) is 0 Å². The number of carbonyl (C=O) groups excluding carboxylic acids is 1. The average Bonchev–Trinajstić information content (AvgIpc) is 2.79. The summed E-state index contributed by atoms with van der Waals surface area (Å²) >= 11 is 4.40. The summed E-state index contributed by atoms with van der Waals surface area (Å²) in [4.78, 5) is 12.2. The topological polar surface area (TPSA) is 46.9 Å². The van der Waals surface area contributed by atoms with E-state index in [2.05, 4.69) is 23.0 Å². The van der Waals surface area contributed by atoms with Crippen molar-refractivity contribution in [2.24, 2.45) is 7.05 Å². The average molecular weight is 289 g/mol. The maximum Gasteiger partial charge on any atom is 0.237 e. The summed E-state index contributed by atoms with van der Waals surface area (Å²) in [6.07, 6.45) is 3.21. The van der Waals surface area contributed by atoms with Crippen LogP contribution >= 0.6 is 12.6 Å². The van der Waals surface area contributed by atoms with E-state index in [0.29, 0.717) is 6.42 Å². The van der Waals surface area contributed by atoms with E-state index in [9.17, 15) is 4.79 Å². The van der Waals surface area contributed by atoms with Crippen LogP contribution in [-0.2, 0) is 24.7 Å².